The zero-order valence-electron chi connectivity index (χ0n) is 10.9. The van der Waals surface area contributed by atoms with Crippen molar-refractivity contribution in [1.82, 2.24) is 10.5 Å². The number of hydrogen-bond donors (Lipinski definition) is 2. The van der Waals surface area contributed by atoms with Gasteiger partial charge in [0, 0.05) is 12.1 Å². The molecule has 1 aromatic carbocycles. The van der Waals surface area contributed by atoms with Crippen molar-refractivity contribution in [2.24, 2.45) is 0 Å². The molecule has 1 amide bonds. The van der Waals surface area contributed by atoms with Crippen LogP contribution in [0.2, 0.25) is 5.02 Å². The van der Waals surface area contributed by atoms with E-state index in [1.54, 1.807) is 0 Å². The number of nitrogens with one attached hydrogen (secondary N) is 1. The Kier molecular flexibility index (Phi) is 4.72. The van der Waals surface area contributed by atoms with Gasteiger partial charge in [0.2, 0.25) is 0 Å². The number of rotatable bonds is 4. The van der Waals surface area contributed by atoms with Gasteiger partial charge in [0.15, 0.2) is 11.5 Å². The van der Waals surface area contributed by atoms with E-state index in [0.29, 0.717) is 0 Å². The molecule has 118 valence electrons. The largest absolute Gasteiger partial charge is 0.416 e. The van der Waals surface area contributed by atoms with Crippen LogP contribution in [-0.4, -0.2) is 29.3 Å². The highest BCUT2D eigenvalue weighted by Crippen LogP contribution is 2.34. The first kappa shape index (κ1) is 16.3. The predicted octanol–water partition coefficient (Wildman–Crippen LogP) is 2.74. The Morgan fingerprint density at radius 1 is 1.32 bits per heavy atom. The number of benzene rings is 1. The summed E-state index contributed by atoms with van der Waals surface area (Å²) in [6.45, 7) is -0.245. The van der Waals surface area contributed by atoms with Crippen LogP contribution in [-0.2, 0) is 6.18 Å². The van der Waals surface area contributed by atoms with Crippen molar-refractivity contribution >= 4 is 17.5 Å². The van der Waals surface area contributed by atoms with E-state index < -0.39 is 17.6 Å². The van der Waals surface area contributed by atoms with Gasteiger partial charge in [-0.25, -0.2) is 0 Å². The van der Waals surface area contributed by atoms with Gasteiger partial charge in [0.25, 0.3) is 5.91 Å². The quantitative estimate of drug-likeness (QED) is 0.901. The lowest BCUT2D eigenvalue weighted by Gasteiger charge is -2.06. The van der Waals surface area contributed by atoms with Crippen LogP contribution in [0.1, 0.15) is 16.1 Å². The Morgan fingerprint density at radius 3 is 2.50 bits per heavy atom. The monoisotopic (exact) mass is 334 g/mol. The van der Waals surface area contributed by atoms with Crippen molar-refractivity contribution in [3.8, 4) is 11.3 Å². The second-order valence-electron chi connectivity index (χ2n) is 4.23. The third kappa shape index (κ3) is 3.40. The first-order valence-electron chi connectivity index (χ1n) is 6.06. The van der Waals surface area contributed by atoms with Gasteiger partial charge in [0.1, 0.15) is 5.02 Å². The highest BCUT2D eigenvalue weighted by Gasteiger charge is 2.30. The number of halogens is 4. The Hall–Kier alpha value is -2.06. The molecule has 0 aliphatic rings. The summed E-state index contributed by atoms with van der Waals surface area (Å²) < 4.78 is 42.4. The van der Waals surface area contributed by atoms with E-state index in [1.807, 2.05) is 0 Å². The van der Waals surface area contributed by atoms with E-state index in [1.165, 1.54) is 12.1 Å². The Bertz CT molecular complexity index is 668. The molecule has 0 spiro atoms. The molecule has 0 aliphatic heterocycles. The molecule has 2 aromatic rings. The number of carbonyl (C=O) groups is 1. The van der Waals surface area contributed by atoms with Crippen molar-refractivity contribution in [3.05, 3.63) is 40.5 Å². The number of aromatic nitrogens is 1. The molecular weight excluding hydrogens is 325 g/mol. The summed E-state index contributed by atoms with van der Waals surface area (Å²) in [5, 5.41) is 14.3. The van der Waals surface area contributed by atoms with E-state index in [4.69, 9.17) is 21.2 Å². The van der Waals surface area contributed by atoms with Gasteiger partial charge < -0.3 is 14.9 Å². The second kappa shape index (κ2) is 6.37. The van der Waals surface area contributed by atoms with Gasteiger partial charge in [-0.2, -0.15) is 13.2 Å². The minimum absolute atomic E-state index is 0.00969. The molecule has 0 bridgehead atoms. The van der Waals surface area contributed by atoms with Crippen molar-refractivity contribution < 1.29 is 27.6 Å². The molecule has 0 saturated carbocycles. The van der Waals surface area contributed by atoms with Crippen molar-refractivity contribution in [2.75, 3.05) is 13.2 Å². The highest BCUT2D eigenvalue weighted by atomic mass is 35.5. The summed E-state index contributed by atoms with van der Waals surface area (Å²) in [6, 6.07) is 4.09. The van der Waals surface area contributed by atoms with Crippen LogP contribution in [0, 0.1) is 0 Å². The molecule has 5 nitrogen and oxygen atoms in total. The third-order valence-electron chi connectivity index (χ3n) is 2.72. The molecule has 0 radical (unpaired) electrons. The average molecular weight is 335 g/mol. The van der Waals surface area contributed by atoms with E-state index in [-0.39, 0.29) is 35.2 Å². The summed E-state index contributed by atoms with van der Waals surface area (Å²) in [5.41, 5.74) is -0.760. The van der Waals surface area contributed by atoms with Crippen LogP contribution in [0.3, 0.4) is 0 Å². The lowest BCUT2D eigenvalue weighted by atomic mass is 10.1. The molecule has 0 atom stereocenters. The zero-order chi connectivity index (χ0) is 16.3. The maximum atomic E-state index is 12.5. The van der Waals surface area contributed by atoms with Gasteiger partial charge in [0.05, 0.1) is 12.2 Å². The molecule has 0 saturated heterocycles. The van der Waals surface area contributed by atoms with Gasteiger partial charge in [-0.15, -0.1) is 0 Å². The highest BCUT2D eigenvalue weighted by molar-refractivity contribution is 6.35. The average Bonchev–Trinajstić information content (AvgIpc) is 2.86. The minimum Gasteiger partial charge on any atom is -0.395 e. The number of nitrogens with zero attached hydrogens (tertiary/aromatic N) is 1. The third-order valence-corrected chi connectivity index (χ3v) is 3.07. The van der Waals surface area contributed by atoms with Crippen molar-refractivity contribution in [2.45, 2.75) is 6.18 Å². The molecule has 22 heavy (non-hydrogen) atoms. The Labute approximate surface area is 127 Å². The van der Waals surface area contributed by atoms with E-state index in [2.05, 4.69) is 10.5 Å². The summed E-state index contributed by atoms with van der Waals surface area (Å²) in [4.78, 5) is 11.7. The van der Waals surface area contributed by atoms with Crippen LogP contribution in [0.5, 0.6) is 0 Å². The van der Waals surface area contributed by atoms with Crippen LogP contribution in [0.15, 0.2) is 28.8 Å². The molecule has 2 rings (SSSR count). The normalized spacial score (nSPS) is 11.5. The molecule has 0 unspecified atom stereocenters. The van der Waals surface area contributed by atoms with Crippen LogP contribution in [0.4, 0.5) is 13.2 Å². The fraction of sp³-hybridized carbons (Fsp3) is 0.231. The van der Waals surface area contributed by atoms with Crippen LogP contribution in [0.25, 0.3) is 11.3 Å². The van der Waals surface area contributed by atoms with Crippen molar-refractivity contribution in [1.29, 1.82) is 0 Å². The van der Waals surface area contributed by atoms with Gasteiger partial charge in [-0.3, -0.25) is 4.79 Å². The topological polar surface area (TPSA) is 75.4 Å². The Balaban J connectivity index is 2.27. The van der Waals surface area contributed by atoms with Gasteiger partial charge in [-0.05, 0) is 12.1 Å². The first-order chi connectivity index (χ1) is 10.3. The van der Waals surface area contributed by atoms with Gasteiger partial charge in [-0.1, -0.05) is 28.9 Å². The summed E-state index contributed by atoms with van der Waals surface area (Å²) in [5.74, 6) is -0.662. The minimum atomic E-state index is -4.45. The maximum Gasteiger partial charge on any atom is 0.416 e. The zero-order valence-corrected chi connectivity index (χ0v) is 11.7. The molecule has 1 aromatic heterocycles. The number of amides is 1. The Morgan fingerprint density at radius 2 is 1.95 bits per heavy atom. The number of carbonyl (C=O) groups excluding carboxylic acids is 1. The van der Waals surface area contributed by atoms with E-state index in [0.717, 1.165) is 12.1 Å². The lowest BCUT2D eigenvalue weighted by Crippen LogP contribution is -2.26. The van der Waals surface area contributed by atoms with Crippen LogP contribution < -0.4 is 5.32 Å². The molecule has 0 fully saturated rings. The van der Waals surface area contributed by atoms with Gasteiger partial charge >= 0.3 is 6.18 Å². The number of hydrogen-bond acceptors (Lipinski definition) is 4. The summed E-state index contributed by atoms with van der Waals surface area (Å²) in [6.07, 6.45) is -4.45. The standard InChI is InChI=1S/C13H10ClF3N2O3/c14-9-10(12(21)18-5-6-20)19-22-11(9)7-1-3-8(4-2-7)13(15,16)17/h1-4,20H,5-6H2,(H,18,21). The number of aliphatic hydroxyl groups is 1. The first-order valence-corrected chi connectivity index (χ1v) is 6.44. The molecule has 9 heteroatoms. The lowest BCUT2D eigenvalue weighted by molar-refractivity contribution is -0.137. The number of aliphatic hydroxyl groups excluding tert-OH is 1. The SMILES string of the molecule is O=C(NCCO)c1noc(-c2ccc(C(F)(F)F)cc2)c1Cl. The summed E-state index contributed by atoms with van der Waals surface area (Å²) >= 11 is 5.96. The van der Waals surface area contributed by atoms with Crippen molar-refractivity contribution in [3.63, 3.8) is 0 Å². The van der Waals surface area contributed by atoms with E-state index >= 15 is 0 Å². The molecular formula is C13H10ClF3N2O3. The number of alkyl halides is 3. The second-order valence-corrected chi connectivity index (χ2v) is 4.61. The molecule has 1 heterocycles. The maximum absolute atomic E-state index is 12.5. The molecule has 0 aliphatic carbocycles. The van der Waals surface area contributed by atoms with E-state index in [9.17, 15) is 18.0 Å². The van der Waals surface area contributed by atoms with Crippen LogP contribution >= 0.6 is 11.6 Å². The molecule has 2 N–H and O–H groups in total. The smallest absolute Gasteiger partial charge is 0.395 e. The fourth-order valence-electron chi connectivity index (χ4n) is 1.66. The fourth-order valence-corrected chi connectivity index (χ4v) is 1.93. The predicted molar refractivity (Wildman–Crippen MR) is 71.4 cm³/mol. The summed E-state index contributed by atoms with van der Waals surface area (Å²) in [7, 11) is 0.